The van der Waals surface area contributed by atoms with E-state index in [1.54, 1.807) is 0 Å². The summed E-state index contributed by atoms with van der Waals surface area (Å²) in [5, 5.41) is 0. The summed E-state index contributed by atoms with van der Waals surface area (Å²) < 4.78 is 24.9. The number of quaternary nitrogens is 3. The minimum atomic E-state index is -5.39. The van der Waals surface area contributed by atoms with Crippen LogP contribution in [-0.2, 0) is 18.8 Å². The Bertz CT molecular complexity index is 835. The molecule has 3 unspecified atom stereocenters. The Morgan fingerprint density at radius 1 is 0.268 bits per heavy atom. The van der Waals surface area contributed by atoms with Crippen LogP contribution in [0.5, 0.6) is 0 Å². The Hall–Kier alpha value is -0.130. The topological polar surface area (TPSA) is 197 Å². The van der Waals surface area contributed by atoms with Gasteiger partial charge < -0.3 is 50.7 Å². The highest BCUT2D eigenvalue weighted by Crippen LogP contribution is 2.17. The highest BCUT2D eigenvalue weighted by Gasteiger charge is 2.00. The molecule has 0 aliphatic heterocycles. The molecule has 9 N–H and O–H groups in total. The second kappa shape index (κ2) is 69.9. The summed E-state index contributed by atoms with van der Waals surface area (Å²) in [6, 6.07) is 0. The summed E-state index contributed by atoms with van der Waals surface area (Å²) in [6.45, 7) is 15.6. The molecule has 434 valence electrons. The van der Waals surface area contributed by atoms with Crippen molar-refractivity contribution in [3.05, 3.63) is 0 Å². The molecule has 0 amide bonds. The summed E-state index contributed by atoms with van der Waals surface area (Å²) in [6.07, 6.45) is 68.6. The molecule has 10 nitrogen and oxygen atoms in total. The quantitative estimate of drug-likeness (QED) is 0.0306. The zero-order chi connectivity index (χ0) is 53.4. The first-order chi connectivity index (χ1) is 34.3. The van der Waals surface area contributed by atoms with Crippen LogP contribution < -0.4 is 31.9 Å². The number of phosphoric acid groups is 1. The summed E-state index contributed by atoms with van der Waals surface area (Å²) in [5.74, 6) is 0. The van der Waals surface area contributed by atoms with Crippen molar-refractivity contribution in [1.29, 1.82) is 0 Å². The maximum atomic E-state index is 8.55. The Morgan fingerprint density at radius 2 is 0.366 bits per heavy atom. The van der Waals surface area contributed by atoms with Crippen LogP contribution in [0, 0.1) is 0 Å². The molecule has 0 radical (unpaired) electrons. The zero-order valence-electron chi connectivity index (χ0n) is 49.2. The van der Waals surface area contributed by atoms with Crippen LogP contribution in [-0.4, -0.2) is 38.5 Å². The van der Waals surface area contributed by atoms with E-state index in [0.29, 0.717) is 0 Å². The molecule has 0 aromatic heterocycles. The van der Waals surface area contributed by atoms with E-state index in [2.05, 4.69) is 38.0 Å². The standard InChI is InChI=1S/3C20H43NO.H3O4P/c3*1-3-4-5-6-7-8-9-10-11-12-13-14-15-16-17-18-19-22-20(2)21;1-5(2,3)4/h3*20H,3-19,21H2,1-2H3;(H3,1,2,3,4). The lowest BCUT2D eigenvalue weighted by molar-refractivity contribution is -0.485. The summed E-state index contributed by atoms with van der Waals surface area (Å²) in [7, 11) is -5.39. The molecule has 0 heterocycles. The highest BCUT2D eigenvalue weighted by atomic mass is 31.2. The molecule has 0 bridgehead atoms. The first-order valence-electron chi connectivity index (χ1n) is 31.4. The van der Waals surface area contributed by atoms with Gasteiger partial charge in [0.25, 0.3) is 0 Å². The lowest BCUT2D eigenvalue weighted by Gasteiger charge is -2.36. The van der Waals surface area contributed by atoms with Gasteiger partial charge in [0.2, 0.25) is 0 Å². The maximum Gasteiger partial charge on any atom is 0.185 e. The minimum Gasteiger partial charge on any atom is -0.822 e. The van der Waals surface area contributed by atoms with E-state index in [0.717, 1.165) is 19.8 Å². The molecule has 0 saturated heterocycles. The Kier molecular flexibility index (Phi) is 76.1. The number of rotatable bonds is 54. The molecule has 0 saturated carbocycles. The van der Waals surface area contributed by atoms with Crippen molar-refractivity contribution < 1.29 is 50.7 Å². The molecular formula is C60H132N3O7P. The fraction of sp³-hybridized carbons (Fsp3) is 1.00. The molecule has 0 aliphatic carbocycles. The fourth-order valence-corrected chi connectivity index (χ4v) is 8.80. The first-order valence-corrected chi connectivity index (χ1v) is 32.8. The van der Waals surface area contributed by atoms with Crippen molar-refractivity contribution in [2.75, 3.05) is 19.8 Å². The number of unbranched alkanes of at least 4 members (excludes halogenated alkanes) is 45. The third kappa shape index (κ3) is 99.5. The zero-order valence-corrected chi connectivity index (χ0v) is 50.1. The number of hydrogen-bond acceptors (Lipinski definition) is 7. The van der Waals surface area contributed by atoms with Gasteiger partial charge in [-0.25, -0.2) is 0 Å². The van der Waals surface area contributed by atoms with Crippen molar-refractivity contribution in [2.45, 2.75) is 368 Å². The van der Waals surface area contributed by atoms with E-state index in [1.807, 2.05) is 20.8 Å². The van der Waals surface area contributed by atoms with Gasteiger partial charge in [-0.3, -0.25) is 0 Å². The number of ether oxygens (including phenoxy) is 3. The molecule has 0 aromatic carbocycles. The van der Waals surface area contributed by atoms with E-state index in [4.69, 9.17) is 33.5 Å². The lowest BCUT2D eigenvalue weighted by Crippen LogP contribution is -2.60. The third-order valence-corrected chi connectivity index (χ3v) is 13.2. The average molecular weight is 1040 g/mol. The van der Waals surface area contributed by atoms with E-state index < -0.39 is 7.82 Å². The van der Waals surface area contributed by atoms with Gasteiger partial charge in [-0.05, 0) is 19.3 Å². The van der Waals surface area contributed by atoms with Gasteiger partial charge in [0.15, 0.2) is 18.7 Å². The highest BCUT2D eigenvalue weighted by molar-refractivity contribution is 7.40. The van der Waals surface area contributed by atoms with Gasteiger partial charge in [0.1, 0.15) is 0 Å². The molecule has 3 atom stereocenters. The Balaban J connectivity index is -0.000000451. The number of hydrogen-bond donors (Lipinski definition) is 3. The van der Waals surface area contributed by atoms with E-state index in [1.165, 1.54) is 308 Å². The Morgan fingerprint density at radius 3 is 0.465 bits per heavy atom. The van der Waals surface area contributed by atoms with Crippen LogP contribution in [0.4, 0.5) is 0 Å². The predicted octanol–water partition coefficient (Wildman–Crippen LogP) is 14.7. The van der Waals surface area contributed by atoms with Crippen molar-refractivity contribution in [3.8, 4) is 0 Å². The third-order valence-electron chi connectivity index (χ3n) is 13.2. The van der Waals surface area contributed by atoms with Crippen molar-refractivity contribution in [2.24, 2.45) is 0 Å². The van der Waals surface area contributed by atoms with Crippen molar-refractivity contribution in [1.82, 2.24) is 0 Å². The SMILES string of the molecule is CCCCCCCCCCCCCCCCCCOC(C)[NH3+].CCCCCCCCCCCCCCCCCCOC(C)[NH3+].CCCCCCCCCCCCCCCCCCOC(C)[NH3+].O=P([O-])([O-])[O-]. The van der Waals surface area contributed by atoms with Crippen LogP contribution in [0.2, 0.25) is 0 Å². The monoisotopic (exact) mass is 1040 g/mol. The lowest BCUT2D eigenvalue weighted by atomic mass is 10.0. The summed E-state index contributed by atoms with van der Waals surface area (Å²) in [4.78, 5) is 25.6. The molecule has 11 heteroatoms. The van der Waals surface area contributed by atoms with Crippen molar-refractivity contribution >= 4 is 7.82 Å². The molecule has 0 rings (SSSR count). The summed E-state index contributed by atoms with van der Waals surface area (Å²) in [5.41, 5.74) is 11.5. The molecule has 0 fully saturated rings. The maximum absolute atomic E-state index is 8.55. The second-order valence-electron chi connectivity index (χ2n) is 21.4. The van der Waals surface area contributed by atoms with Crippen LogP contribution in [0.15, 0.2) is 0 Å². The van der Waals surface area contributed by atoms with Gasteiger partial charge in [-0.2, -0.15) is 7.82 Å². The molecule has 71 heavy (non-hydrogen) atoms. The first kappa shape index (κ1) is 77.4. The van der Waals surface area contributed by atoms with Gasteiger partial charge in [0.05, 0.1) is 19.8 Å². The summed E-state index contributed by atoms with van der Waals surface area (Å²) >= 11 is 0. The van der Waals surface area contributed by atoms with E-state index in [-0.39, 0.29) is 18.7 Å². The molecular weight excluding hydrogens is 906 g/mol. The van der Waals surface area contributed by atoms with E-state index in [9.17, 15) is 0 Å². The average Bonchev–Trinajstić information content (AvgIpc) is 3.31. The second-order valence-corrected chi connectivity index (χ2v) is 22.3. The van der Waals surface area contributed by atoms with Crippen LogP contribution in [0.25, 0.3) is 0 Å². The van der Waals surface area contributed by atoms with Crippen LogP contribution in [0.3, 0.4) is 0 Å². The van der Waals surface area contributed by atoms with Crippen molar-refractivity contribution in [3.63, 3.8) is 0 Å². The smallest absolute Gasteiger partial charge is 0.185 e. The van der Waals surface area contributed by atoms with E-state index >= 15 is 0 Å². The van der Waals surface area contributed by atoms with Gasteiger partial charge in [-0.1, -0.05) is 310 Å². The Labute approximate surface area is 445 Å². The predicted molar refractivity (Wildman–Crippen MR) is 301 cm³/mol. The minimum absolute atomic E-state index is 0.149. The molecule has 0 aromatic rings. The van der Waals surface area contributed by atoms with Crippen LogP contribution >= 0.6 is 7.82 Å². The largest absolute Gasteiger partial charge is 0.822 e. The fourth-order valence-electron chi connectivity index (χ4n) is 8.80. The van der Waals surface area contributed by atoms with Gasteiger partial charge in [-0.15, -0.1) is 0 Å². The van der Waals surface area contributed by atoms with Gasteiger partial charge in [0, 0.05) is 20.8 Å². The van der Waals surface area contributed by atoms with Crippen LogP contribution in [0.1, 0.15) is 350 Å². The van der Waals surface area contributed by atoms with Gasteiger partial charge >= 0.3 is 0 Å². The molecule has 0 spiro atoms. The normalized spacial score (nSPS) is 12.6. The molecule has 0 aliphatic rings.